The molecule has 0 spiro atoms. The minimum absolute atomic E-state index is 0.179. The zero-order valence-corrected chi connectivity index (χ0v) is 16.8. The van der Waals surface area contributed by atoms with E-state index in [2.05, 4.69) is 10.1 Å². The van der Waals surface area contributed by atoms with Gasteiger partial charge in [0.2, 0.25) is 0 Å². The van der Waals surface area contributed by atoms with E-state index in [4.69, 9.17) is 9.57 Å². The molecule has 1 heterocycles. The van der Waals surface area contributed by atoms with Crippen molar-refractivity contribution in [3.8, 4) is 0 Å². The number of esters is 1. The Morgan fingerprint density at radius 3 is 2.46 bits per heavy atom. The normalized spacial score (nSPS) is 23.4. The fraction of sp³-hybridized carbons (Fsp3) is 0.750. The average Bonchev–Trinajstić information content (AvgIpc) is 3.12. The Labute approximate surface area is 156 Å². The van der Waals surface area contributed by atoms with Crippen LogP contribution in [0.15, 0.2) is 16.4 Å². The number of hydrogen-bond donors (Lipinski definition) is 0. The fourth-order valence-electron chi connectivity index (χ4n) is 3.97. The third kappa shape index (κ3) is 4.10. The first kappa shape index (κ1) is 20.5. The molecule has 2 aliphatic rings. The minimum Gasteiger partial charge on any atom is -0.468 e. The highest BCUT2D eigenvalue weighted by atomic mass is 16.6. The molecule has 0 aromatic rings. The molecule has 6 heteroatoms. The smallest absolute Gasteiger partial charge is 0.317 e. The van der Waals surface area contributed by atoms with Gasteiger partial charge in [0.15, 0.2) is 5.78 Å². The Hall–Kier alpha value is -1.85. The van der Waals surface area contributed by atoms with E-state index in [9.17, 15) is 9.59 Å². The molecule has 1 aliphatic carbocycles. The molecular weight excluding hydrogens is 332 g/mol. The van der Waals surface area contributed by atoms with Crippen molar-refractivity contribution in [2.45, 2.75) is 59.8 Å². The summed E-state index contributed by atoms with van der Waals surface area (Å²) in [6.07, 6.45) is 4.40. The van der Waals surface area contributed by atoms with Gasteiger partial charge >= 0.3 is 5.97 Å². The third-order valence-electron chi connectivity index (χ3n) is 5.21. The third-order valence-corrected chi connectivity index (χ3v) is 5.21. The Morgan fingerprint density at radius 2 is 1.92 bits per heavy atom. The van der Waals surface area contributed by atoms with E-state index in [-0.39, 0.29) is 5.78 Å². The highest BCUT2D eigenvalue weighted by Gasteiger charge is 2.49. The van der Waals surface area contributed by atoms with Crippen LogP contribution in [-0.4, -0.2) is 49.2 Å². The lowest BCUT2D eigenvalue weighted by atomic mass is 9.66. The van der Waals surface area contributed by atoms with Crippen molar-refractivity contribution in [2.24, 2.45) is 16.5 Å². The van der Waals surface area contributed by atoms with Crippen molar-refractivity contribution >= 4 is 17.5 Å². The number of nitrogens with zero attached hydrogens (tertiary/aromatic N) is 2. The summed E-state index contributed by atoms with van der Waals surface area (Å²) in [5.41, 5.74) is 1.77. The van der Waals surface area contributed by atoms with Crippen LogP contribution in [-0.2, 0) is 19.2 Å². The van der Waals surface area contributed by atoms with Gasteiger partial charge in [-0.15, -0.1) is 0 Å². The molecular formula is C20H32N2O4. The van der Waals surface area contributed by atoms with Crippen LogP contribution < -0.4 is 0 Å². The van der Waals surface area contributed by atoms with Crippen molar-refractivity contribution in [1.82, 2.24) is 4.90 Å². The molecule has 1 atom stereocenters. The Balaban J connectivity index is 2.59. The first-order chi connectivity index (χ1) is 12.4. The Bertz CT molecular complexity index is 601. The number of carbonyl (C=O) groups excluding carboxylic acids is 2. The molecule has 1 fully saturated rings. The summed E-state index contributed by atoms with van der Waals surface area (Å²) in [5, 5.41) is 4.25. The van der Waals surface area contributed by atoms with Crippen LogP contribution in [0.3, 0.4) is 0 Å². The summed E-state index contributed by atoms with van der Waals surface area (Å²) in [4.78, 5) is 33.5. The minimum atomic E-state index is -0.808. The van der Waals surface area contributed by atoms with Crippen LogP contribution in [0.2, 0.25) is 0 Å². The SMILES string of the molecule is CCCC(=NOCC)C1=C(N2CCCC2)CC(C)(C)C(C(=O)OC)C1=O. The van der Waals surface area contributed by atoms with Gasteiger partial charge in [-0.05, 0) is 38.0 Å². The van der Waals surface area contributed by atoms with Crippen LogP contribution in [0.4, 0.5) is 0 Å². The van der Waals surface area contributed by atoms with E-state index in [1.165, 1.54) is 7.11 Å². The lowest BCUT2D eigenvalue weighted by Gasteiger charge is -2.41. The van der Waals surface area contributed by atoms with Crippen molar-refractivity contribution in [3.63, 3.8) is 0 Å². The van der Waals surface area contributed by atoms with Gasteiger partial charge < -0.3 is 14.5 Å². The van der Waals surface area contributed by atoms with Crippen LogP contribution in [0.5, 0.6) is 0 Å². The summed E-state index contributed by atoms with van der Waals surface area (Å²) in [6.45, 7) is 10.2. The highest BCUT2D eigenvalue weighted by molar-refractivity contribution is 6.27. The van der Waals surface area contributed by atoms with E-state index in [1.807, 2.05) is 27.7 Å². The topological polar surface area (TPSA) is 68.2 Å². The number of ether oxygens (including phenoxy) is 1. The van der Waals surface area contributed by atoms with Crippen LogP contribution in [0.1, 0.15) is 59.8 Å². The van der Waals surface area contributed by atoms with Crippen LogP contribution in [0, 0.1) is 11.3 Å². The van der Waals surface area contributed by atoms with E-state index in [0.717, 1.165) is 38.0 Å². The molecule has 2 rings (SSSR count). The number of carbonyl (C=O) groups is 2. The monoisotopic (exact) mass is 364 g/mol. The van der Waals surface area contributed by atoms with Gasteiger partial charge in [-0.25, -0.2) is 0 Å². The predicted molar refractivity (Wildman–Crippen MR) is 101 cm³/mol. The summed E-state index contributed by atoms with van der Waals surface area (Å²) in [6, 6.07) is 0. The van der Waals surface area contributed by atoms with Crippen LogP contribution in [0.25, 0.3) is 0 Å². The fourth-order valence-corrected chi connectivity index (χ4v) is 3.97. The maximum absolute atomic E-state index is 13.5. The summed E-state index contributed by atoms with van der Waals surface area (Å²) < 4.78 is 4.96. The standard InChI is InChI=1S/C20H32N2O4/c1-6-10-14(21-26-7-2)16-15(22-11-8-9-12-22)13-20(3,4)17(18(16)23)19(24)25-5/h17H,6-13H2,1-5H3. The lowest BCUT2D eigenvalue weighted by Crippen LogP contribution is -2.46. The van der Waals surface area contributed by atoms with E-state index < -0.39 is 17.3 Å². The second-order valence-electron chi connectivity index (χ2n) is 7.71. The molecule has 0 bridgehead atoms. The number of ketones is 1. The van der Waals surface area contributed by atoms with Gasteiger partial charge in [0.05, 0.1) is 18.4 Å². The molecule has 0 aromatic heterocycles. The summed E-state index contributed by atoms with van der Waals surface area (Å²) in [5.74, 6) is -1.45. The number of Topliss-reactive ketones (excluding diaryl/α,β-unsaturated/α-hetero) is 1. The number of oxime groups is 1. The number of likely N-dealkylation sites (tertiary alicyclic amines) is 1. The largest absolute Gasteiger partial charge is 0.468 e. The van der Waals surface area contributed by atoms with E-state index in [0.29, 0.717) is 30.7 Å². The van der Waals surface area contributed by atoms with Crippen LogP contribution >= 0.6 is 0 Å². The van der Waals surface area contributed by atoms with Crippen molar-refractivity contribution in [1.29, 1.82) is 0 Å². The molecule has 0 aromatic carbocycles. The molecule has 0 radical (unpaired) electrons. The molecule has 1 unspecified atom stereocenters. The predicted octanol–water partition coefficient (Wildman–Crippen LogP) is 3.32. The Morgan fingerprint density at radius 1 is 1.27 bits per heavy atom. The van der Waals surface area contributed by atoms with E-state index >= 15 is 0 Å². The molecule has 146 valence electrons. The lowest BCUT2D eigenvalue weighted by molar-refractivity contribution is -0.153. The van der Waals surface area contributed by atoms with Gasteiger partial charge in [0.1, 0.15) is 12.5 Å². The molecule has 0 N–H and O–H groups in total. The van der Waals surface area contributed by atoms with E-state index in [1.54, 1.807) is 0 Å². The molecule has 26 heavy (non-hydrogen) atoms. The van der Waals surface area contributed by atoms with Crippen molar-refractivity contribution in [2.75, 3.05) is 26.8 Å². The number of rotatable bonds is 7. The molecule has 1 aliphatic heterocycles. The first-order valence-electron chi connectivity index (χ1n) is 9.66. The van der Waals surface area contributed by atoms with Gasteiger partial charge in [-0.1, -0.05) is 32.3 Å². The quantitative estimate of drug-likeness (QED) is 0.300. The highest BCUT2D eigenvalue weighted by Crippen LogP contribution is 2.44. The van der Waals surface area contributed by atoms with Crippen molar-refractivity contribution in [3.05, 3.63) is 11.3 Å². The number of hydrogen-bond acceptors (Lipinski definition) is 6. The first-order valence-corrected chi connectivity index (χ1v) is 9.66. The maximum Gasteiger partial charge on any atom is 0.317 e. The summed E-state index contributed by atoms with van der Waals surface area (Å²) in [7, 11) is 1.34. The zero-order valence-electron chi connectivity index (χ0n) is 16.8. The molecule has 6 nitrogen and oxygen atoms in total. The second kappa shape index (κ2) is 8.69. The maximum atomic E-state index is 13.5. The van der Waals surface area contributed by atoms with Gasteiger partial charge in [-0.2, -0.15) is 0 Å². The molecule has 1 saturated heterocycles. The second-order valence-corrected chi connectivity index (χ2v) is 7.71. The van der Waals surface area contributed by atoms with Gasteiger partial charge in [0.25, 0.3) is 0 Å². The average molecular weight is 364 g/mol. The molecule has 0 amide bonds. The number of allylic oxidation sites excluding steroid dienone is 2. The molecule has 0 saturated carbocycles. The zero-order chi connectivity index (χ0) is 19.3. The Kier molecular flexibility index (Phi) is 6.84. The van der Waals surface area contributed by atoms with Gasteiger partial charge in [0, 0.05) is 18.8 Å². The summed E-state index contributed by atoms with van der Waals surface area (Å²) >= 11 is 0. The number of methoxy groups -OCH3 is 1. The van der Waals surface area contributed by atoms with Crippen molar-refractivity contribution < 1.29 is 19.2 Å². The van der Waals surface area contributed by atoms with Gasteiger partial charge in [-0.3, -0.25) is 9.59 Å².